The van der Waals surface area contributed by atoms with E-state index < -0.39 is 32.5 Å². The zero-order chi connectivity index (χ0) is 36.1. The molecule has 49 heavy (non-hydrogen) atoms. The minimum atomic E-state index is -4.38. The van der Waals surface area contributed by atoms with E-state index in [0.717, 1.165) is 70.6 Å². The topological polar surface area (TPSA) is 134 Å². The summed E-state index contributed by atoms with van der Waals surface area (Å²) in [5.74, 6) is -0.860. The van der Waals surface area contributed by atoms with Crippen LogP contribution in [0.25, 0.3) is 0 Å². The maximum atomic E-state index is 12.5. The summed E-state index contributed by atoms with van der Waals surface area (Å²) < 4.78 is 32.6. The standard InChI is InChI=1S/C39H70NO8P/c1-3-5-7-9-11-13-15-16-17-18-19-20-22-24-26-28-30-32-39(42)48-37(36-47-49(43,44)46-34-33-40)35-45-38(41)31-29-27-25-23-21-14-12-10-8-6-4-2/h5,7,11,13,16-17,19-20,37H,3-4,6,8-10,12,14-15,18,21-36,40H2,1-2H3,(H,43,44)/b7-5-,13-11-,17-16-,20-19-/t37-/m1/s1. The first kappa shape index (κ1) is 47.0. The molecular formula is C39H70NO8P. The molecule has 2 atom stereocenters. The number of ether oxygens (including phenoxy) is 2. The quantitative estimate of drug-likeness (QED) is 0.0285. The molecule has 0 aromatic rings. The van der Waals surface area contributed by atoms with Gasteiger partial charge < -0.3 is 20.1 Å². The van der Waals surface area contributed by atoms with Crippen LogP contribution in [0.3, 0.4) is 0 Å². The third-order valence-corrected chi connectivity index (χ3v) is 8.71. The maximum absolute atomic E-state index is 12.5. The van der Waals surface area contributed by atoms with Gasteiger partial charge in [-0.25, -0.2) is 4.57 Å². The summed E-state index contributed by atoms with van der Waals surface area (Å²) >= 11 is 0. The molecule has 0 rings (SSSR count). The number of phosphoric ester groups is 1. The van der Waals surface area contributed by atoms with Crippen molar-refractivity contribution in [2.75, 3.05) is 26.4 Å². The predicted octanol–water partition coefficient (Wildman–Crippen LogP) is 10.4. The van der Waals surface area contributed by atoms with Gasteiger partial charge >= 0.3 is 19.8 Å². The van der Waals surface area contributed by atoms with Crippen LogP contribution in [0.4, 0.5) is 0 Å². The van der Waals surface area contributed by atoms with Crippen molar-refractivity contribution in [1.29, 1.82) is 0 Å². The van der Waals surface area contributed by atoms with Crippen molar-refractivity contribution in [3.05, 3.63) is 48.6 Å². The molecule has 0 bridgehead atoms. The molecule has 284 valence electrons. The van der Waals surface area contributed by atoms with Gasteiger partial charge in [-0.3, -0.25) is 18.6 Å². The Hall–Kier alpha value is -2.03. The number of unbranched alkanes of at least 4 members (excludes halogenated alkanes) is 14. The number of esters is 2. The zero-order valence-electron chi connectivity index (χ0n) is 30.9. The number of rotatable bonds is 35. The largest absolute Gasteiger partial charge is 0.472 e. The lowest BCUT2D eigenvalue weighted by Gasteiger charge is -2.19. The van der Waals surface area contributed by atoms with E-state index in [1.807, 2.05) is 0 Å². The SMILES string of the molecule is CC/C=C\C/C=C\C/C=C\C/C=C\CCCCCCC(=O)O[C@H](COC(=O)CCCCCCCCCCCCC)COP(=O)(O)OCCN. The van der Waals surface area contributed by atoms with Crippen molar-refractivity contribution in [1.82, 2.24) is 0 Å². The first-order chi connectivity index (χ1) is 23.8. The molecule has 0 aliphatic rings. The summed E-state index contributed by atoms with van der Waals surface area (Å²) in [4.78, 5) is 34.7. The number of allylic oxidation sites excluding steroid dienone is 8. The van der Waals surface area contributed by atoms with Crippen molar-refractivity contribution >= 4 is 19.8 Å². The van der Waals surface area contributed by atoms with Crippen LogP contribution >= 0.6 is 7.82 Å². The predicted molar refractivity (Wildman–Crippen MR) is 201 cm³/mol. The molecule has 0 radical (unpaired) electrons. The molecule has 0 aromatic carbocycles. The second-order valence-electron chi connectivity index (χ2n) is 12.4. The van der Waals surface area contributed by atoms with Crippen LogP contribution in [-0.2, 0) is 32.7 Å². The lowest BCUT2D eigenvalue weighted by molar-refractivity contribution is -0.161. The van der Waals surface area contributed by atoms with Gasteiger partial charge in [-0.2, -0.15) is 0 Å². The van der Waals surface area contributed by atoms with E-state index in [2.05, 4.69) is 62.5 Å². The van der Waals surface area contributed by atoms with Crippen LogP contribution in [0.1, 0.15) is 155 Å². The van der Waals surface area contributed by atoms with Gasteiger partial charge in [-0.15, -0.1) is 0 Å². The average molecular weight is 712 g/mol. The average Bonchev–Trinajstić information content (AvgIpc) is 3.08. The number of carbonyl (C=O) groups is 2. The van der Waals surface area contributed by atoms with E-state index in [4.69, 9.17) is 24.3 Å². The molecule has 0 spiro atoms. The fourth-order valence-corrected chi connectivity index (χ4v) is 5.68. The fraction of sp³-hybridized carbons (Fsp3) is 0.744. The van der Waals surface area contributed by atoms with Crippen molar-refractivity contribution in [3.63, 3.8) is 0 Å². The number of nitrogens with two attached hydrogens (primary N) is 1. The summed E-state index contributed by atoms with van der Waals surface area (Å²) in [5.41, 5.74) is 5.33. The van der Waals surface area contributed by atoms with Crippen LogP contribution in [0, 0.1) is 0 Å². The van der Waals surface area contributed by atoms with E-state index in [1.54, 1.807) is 0 Å². The van der Waals surface area contributed by atoms with Crippen molar-refractivity contribution in [2.24, 2.45) is 5.73 Å². The molecule has 0 fully saturated rings. The highest BCUT2D eigenvalue weighted by atomic mass is 31.2. The molecule has 3 N–H and O–H groups in total. The Balaban J connectivity index is 4.27. The maximum Gasteiger partial charge on any atom is 0.472 e. The Labute approximate surface area is 298 Å². The van der Waals surface area contributed by atoms with E-state index in [-0.39, 0.29) is 32.6 Å². The molecule has 1 unspecified atom stereocenters. The summed E-state index contributed by atoms with van der Waals surface area (Å²) in [7, 11) is -4.38. The molecule has 9 nitrogen and oxygen atoms in total. The Kier molecular flexibility index (Phi) is 34.3. The second kappa shape index (κ2) is 35.8. The molecule has 10 heteroatoms. The van der Waals surface area contributed by atoms with E-state index in [9.17, 15) is 19.0 Å². The Morgan fingerprint density at radius 2 is 1.12 bits per heavy atom. The molecule has 0 heterocycles. The summed E-state index contributed by atoms with van der Waals surface area (Å²) in [5, 5.41) is 0. The number of carbonyl (C=O) groups excluding carboxylic acids is 2. The monoisotopic (exact) mass is 711 g/mol. The molecule has 0 aliphatic carbocycles. The Morgan fingerprint density at radius 3 is 1.67 bits per heavy atom. The molecule has 0 saturated carbocycles. The van der Waals surface area contributed by atoms with E-state index >= 15 is 0 Å². The second-order valence-corrected chi connectivity index (χ2v) is 13.9. The third kappa shape index (κ3) is 35.6. The smallest absolute Gasteiger partial charge is 0.462 e. The van der Waals surface area contributed by atoms with Crippen LogP contribution in [-0.4, -0.2) is 49.3 Å². The van der Waals surface area contributed by atoms with Gasteiger partial charge in [0.15, 0.2) is 6.10 Å². The van der Waals surface area contributed by atoms with Crippen molar-refractivity contribution in [3.8, 4) is 0 Å². The lowest BCUT2D eigenvalue weighted by Crippen LogP contribution is -2.29. The Morgan fingerprint density at radius 1 is 0.633 bits per heavy atom. The number of hydrogen-bond acceptors (Lipinski definition) is 8. The fourth-order valence-electron chi connectivity index (χ4n) is 4.92. The Bertz CT molecular complexity index is 949. The summed E-state index contributed by atoms with van der Waals surface area (Å²) in [6.07, 6.45) is 38.5. The first-order valence-corrected chi connectivity index (χ1v) is 20.6. The minimum Gasteiger partial charge on any atom is -0.462 e. The van der Waals surface area contributed by atoms with Gasteiger partial charge in [0.25, 0.3) is 0 Å². The van der Waals surface area contributed by atoms with Crippen LogP contribution in [0.2, 0.25) is 0 Å². The molecule has 0 aliphatic heterocycles. The highest BCUT2D eigenvalue weighted by Gasteiger charge is 2.25. The first-order valence-electron chi connectivity index (χ1n) is 19.1. The lowest BCUT2D eigenvalue weighted by atomic mass is 10.1. The van der Waals surface area contributed by atoms with Gasteiger partial charge in [-0.1, -0.05) is 140 Å². The summed E-state index contributed by atoms with van der Waals surface area (Å²) in [6.45, 7) is 3.56. The molecule has 0 saturated heterocycles. The van der Waals surface area contributed by atoms with Gasteiger partial charge in [0.1, 0.15) is 6.61 Å². The zero-order valence-corrected chi connectivity index (χ0v) is 31.8. The third-order valence-electron chi connectivity index (χ3n) is 7.73. The van der Waals surface area contributed by atoms with Crippen LogP contribution in [0.15, 0.2) is 48.6 Å². The van der Waals surface area contributed by atoms with Crippen LogP contribution in [0.5, 0.6) is 0 Å². The van der Waals surface area contributed by atoms with Crippen LogP contribution < -0.4 is 5.73 Å². The van der Waals surface area contributed by atoms with Crippen molar-refractivity contribution < 1.29 is 37.6 Å². The van der Waals surface area contributed by atoms with Gasteiger partial charge in [0.05, 0.1) is 13.2 Å². The van der Waals surface area contributed by atoms with E-state index in [1.165, 1.54) is 51.4 Å². The molecular weight excluding hydrogens is 641 g/mol. The van der Waals surface area contributed by atoms with E-state index in [0.29, 0.717) is 6.42 Å². The van der Waals surface area contributed by atoms with Crippen molar-refractivity contribution in [2.45, 2.75) is 161 Å². The normalized spacial score (nSPS) is 14.0. The summed E-state index contributed by atoms with van der Waals surface area (Å²) in [6, 6.07) is 0. The van der Waals surface area contributed by atoms with Gasteiger partial charge in [0.2, 0.25) is 0 Å². The molecule has 0 aromatic heterocycles. The minimum absolute atomic E-state index is 0.0480. The van der Waals surface area contributed by atoms with Gasteiger partial charge in [-0.05, 0) is 51.4 Å². The van der Waals surface area contributed by atoms with Gasteiger partial charge in [0, 0.05) is 19.4 Å². The highest BCUT2D eigenvalue weighted by Crippen LogP contribution is 2.43. The molecule has 0 amide bonds. The number of phosphoric acid groups is 1. The highest BCUT2D eigenvalue weighted by molar-refractivity contribution is 7.47. The number of hydrogen-bond donors (Lipinski definition) is 2.